The Hall–Kier alpha value is -0.300. The van der Waals surface area contributed by atoms with Crippen LogP contribution in [0.4, 0.5) is 0 Å². The lowest BCUT2D eigenvalue weighted by molar-refractivity contribution is 0.0494. The van der Waals surface area contributed by atoms with Crippen LogP contribution in [0.5, 0.6) is 0 Å². The van der Waals surface area contributed by atoms with Crippen molar-refractivity contribution < 1.29 is 4.74 Å². The molecule has 1 heterocycles. The largest absolute Gasteiger partial charge is 0.381 e. The lowest BCUT2D eigenvalue weighted by Gasteiger charge is -2.20. The van der Waals surface area contributed by atoms with E-state index in [4.69, 9.17) is 4.74 Å². The zero-order valence-corrected chi connectivity index (χ0v) is 5.65. The average Bonchev–Trinajstić information content (AvgIpc) is 2.44. The molecule has 0 aromatic heterocycles. The molecule has 1 aliphatic carbocycles. The summed E-state index contributed by atoms with van der Waals surface area (Å²) in [4.78, 5) is 0. The molecular formula is C8H12O. The van der Waals surface area contributed by atoms with Gasteiger partial charge in [-0.1, -0.05) is 12.2 Å². The van der Waals surface area contributed by atoms with Gasteiger partial charge in [-0.3, -0.25) is 0 Å². The van der Waals surface area contributed by atoms with Gasteiger partial charge in [0.25, 0.3) is 0 Å². The van der Waals surface area contributed by atoms with E-state index >= 15 is 0 Å². The normalized spacial score (nSPS) is 41.6. The lowest BCUT2D eigenvalue weighted by atomic mass is 9.99. The first-order valence-corrected chi connectivity index (χ1v) is 3.60. The smallest absolute Gasteiger partial charge is 0.0562 e. The molecule has 0 radical (unpaired) electrons. The molecule has 1 nitrogen and oxygen atoms in total. The molecular weight excluding hydrogens is 112 g/mol. The highest BCUT2D eigenvalue weighted by Gasteiger charge is 2.48. The summed E-state index contributed by atoms with van der Waals surface area (Å²) in [7, 11) is 0. The summed E-state index contributed by atoms with van der Waals surface area (Å²) >= 11 is 0. The van der Waals surface area contributed by atoms with Crippen molar-refractivity contribution in [3.8, 4) is 0 Å². The Bertz CT molecular complexity index is 143. The fraction of sp³-hybridized carbons (Fsp3) is 0.750. The molecule has 1 unspecified atom stereocenters. The summed E-state index contributed by atoms with van der Waals surface area (Å²) < 4.78 is 5.36. The van der Waals surface area contributed by atoms with Crippen LogP contribution in [-0.2, 0) is 4.74 Å². The van der Waals surface area contributed by atoms with E-state index in [9.17, 15) is 0 Å². The van der Waals surface area contributed by atoms with Crippen molar-refractivity contribution >= 4 is 0 Å². The van der Waals surface area contributed by atoms with E-state index in [0.29, 0.717) is 5.41 Å². The molecule has 0 bridgehead atoms. The van der Waals surface area contributed by atoms with Gasteiger partial charge in [0.2, 0.25) is 0 Å². The fourth-order valence-corrected chi connectivity index (χ4v) is 1.63. The van der Waals surface area contributed by atoms with E-state index in [-0.39, 0.29) is 0 Å². The van der Waals surface area contributed by atoms with Gasteiger partial charge in [0, 0.05) is 12.0 Å². The minimum atomic E-state index is 0.470. The molecule has 0 amide bonds. The highest BCUT2D eigenvalue weighted by Crippen LogP contribution is 2.55. The summed E-state index contributed by atoms with van der Waals surface area (Å²) in [6.45, 7) is 5.88. The first-order valence-electron chi connectivity index (χ1n) is 3.60. The summed E-state index contributed by atoms with van der Waals surface area (Å²) in [6.07, 6.45) is 3.79. The van der Waals surface area contributed by atoms with Crippen LogP contribution in [0.15, 0.2) is 12.2 Å². The second-order valence-electron chi connectivity index (χ2n) is 3.22. The molecule has 0 N–H and O–H groups in total. The van der Waals surface area contributed by atoms with Crippen molar-refractivity contribution in [1.82, 2.24) is 0 Å². The molecule has 1 saturated heterocycles. The van der Waals surface area contributed by atoms with Crippen molar-refractivity contribution in [2.24, 2.45) is 5.41 Å². The van der Waals surface area contributed by atoms with Crippen LogP contribution in [0.3, 0.4) is 0 Å². The second kappa shape index (κ2) is 1.60. The third-order valence-electron chi connectivity index (χ3n) is 2.50. The maximum atomic E-state index is 5.36. The van der Waals surface area contributed by atoms with Gasteiger partial charge < -0.3 is 4.74 Å². The van der Waals surface area contributed by atoms with Crippen molar-refractivity contribution in [3.05, 3.63) is 12.2 Å². The second-order valence-corrected chi connectivity index (χ2v) is 3.22. The number of hydrogen-bond acceptors (Lipinski definition) is 1. The van der Waals surface area contributed by atoms with Gasteiger partial charge in [-0.2, -0.15) is 0 Å². The molecule has 2 rings (SSSR count). The first-order chi connectivity index (χ1) is 4.33. The van der Waals surface area contributed by atoms with Gasteiger partial charge >= 0.3 is 0 Å². The molecule has 9 heavy (non-hydrogen) atoms. The van der Waals surface area contributed by atoms with Crippen molar-refractivity contribution in [2.75, 3.05) is 13.2 Å². The molecule has 0 aromatic rings. The summed E-state index contributed by atoms with van der Waals surface area (Å²) in [5.41, 5.74) is 1.89. The topological polar surface area (TPSA) is 9.23 Å². The van der Waals surface area contributed by atoms with E-state index < -0.39 is 0 Å². The third-order valence-corrected chi connectivity index (χ3v) is 2.50. The van der Waals surface area contributed by atoms with Crippen molar-refractivity contribution in [2.45, 2.75) is 19.3 Å². The monoisotopic (exact) mass is 124 g/mol. The Morgan fingerprint density at radius 1 is 1.56 bits per heavy atom. The lowest BCUT2D eigenvalue weighted by Crippen LogP contribution is -2.18. The van der Waals surface area contributed by atoms with Gasteiger partial charge in [-0.15, -0.1) is 0 Å². The van der Waals surface area contributed by atoms with Gasteiger partial charge in [0.1, 0.15) is 0 Å². The predicted molar refractivity (Wildman–Crippen MR) is 36.2 cm³/mol. The zero-order chi connectivity index (χ0) is 6.32. The SMILES string of the molecule is C=C1CC12CCCOC2. The zero-order valence-electron chi connectivity index (χ0n) is 5.65. The minimum absolute atomic E-state index is 0.470. The molecule has 2 fully saturated rings. The molecule has 1 aliphatic heterocycles. The maximum Gasteiger partial charge on any atom is 0.0562 e. The van der Waals surface area contributed by atoms with Crippen LogP contribution in [0.1, 0.15) is 19.3 Å². The average molecular weight is 124 g/mol. The molecule has 1 heteroatoms. The van der Waals surface area contributed by atoms with E-state index in [0.717, 1.165) is 13.2 Å². The van der Waals surface area contributed by atoms with Gasteiger partial charge in [-0.05, 0) is 19.3 Å². The van der Waals surface area contributed by atoms with Crippen LogP contribution < -0.4 is 0 Å². The quantitative estimate of drug-likeness (QED) is 0.447. The van der Waals surface area contributed by atoms with E-state index in [2.05, 4.69) is 6.58 Å². The Kier molecular flexibility index (Phi) is 0.974. The van der Waals surface area contributed by atoms with Gasteiger partial charge in [0.05, 0.1) is 6.61 Å². The van der Waals surface area contributed by atoms with E-state index in [1.165, 1.54) is 24.8 Å². The van der Waals surface area contributed by atoms with Crippen LogP contribution in [0, 0.1) is 5.41 Å². The third kappa shape index (κ3) is 0.715. The molecule has 1 atom stereocenters. The first kappa shape index (κ1) is 5.48. The van der Waals surface area contributed by atoms with Crippen molar-refractivity contribution in [1.29, 1.82) is 0 Å². The highest BCUT2D eigenvalue weighted by atomic mass is 16.5. The Morgan fingerprint density at radius 3 is 2.67 bits per heavy atom. The fourth-order valence-electron chi connectivity index (χ4n) is 1.63. The Labute approximate surface area is 55.7 Å². The van der Waals surface area contributed by atoms with Crippen LogP contribution in [-0.4, -0.2) is 13.2 Å². The predicted octanol–water partition coefficient (Wildman–Crippen LogP) is 1.74. The van der Waals surface area contributed by atoms with Gasteiger partial charge in [0.15, 0.2) is 0 Å². The summed E-state index contributed by atoms with van der Waals surface area (Å²) in [5, 5.41) is 0. The summed E-state index contributed by atoms with van der Waals surface area (Å²) in [6, 6.07) is 0. The van der Waals surface area contributed by atoms with E-state index in [1.54, 1.807) is 0 Å². The molecule has 2 aliphatic rings. The van der Waals surface area contributed by atoms with Crippen LogP contribution >= 0.6 is 0 Å². The van der Waals surface area contributed by atoms with E-state index in [1.807, 2.05) is 0 Å². The Balaban J connectivity index is 2.04. The standard InChI is InChI=1S/C8H12O/c1-7-5-8(7)3-2-4-9-6-8/h1-6H2. The maximum absolute atomic E-state index is 5.36. The molecule has 1 saturated carbocycles. The number of rotatable bonds is 0. The van der Waals surface area contributed by atoms with Crippen LogP contribution in [0.25, 0.3) is 0 Å². The molecule has 0 aromatic carbocycles. The molecule has 1 spiro atoms. The van der Waals surface area contributed by atoms with Gasteiger partial charge in [-0.25, -0.2) is 0 Å². The number of ether oxygens (including phenoxy) is 1. The highest BCUT2D eigenvalue weighted by molar-refractivity contribution is 5.29. The summed E-state index contributed by atoms with van der Waals surface area (Å²) in [5.74, 6) is 0. The number of hydrogen-bond donors (Lipinski definition) is 0. The minimum Gasteiger partial charge on any atom is -0.381 e. The van der Waals surface area contributed by atoms with Crippen LogP contribution in [0.2, 0.25) is 0 Å². The molecule has 50 valence electrons. The Morgan fingerprint density at radius 2 is 2.33 bits per heavy atom. The van der Waals surface area contributed by atoms with Crippen molar-refractivity contribution in [3.63, 3.8) is 0 Å².